The van der Waals surface area contributed by atoms with Gasteiger partial charge in [-0.15, -0.1) is 5.10 Å². The van der Waals surface area contributed by atoms with Crippen LogP contribution in [0.25, 0.3) is 16.9 Å². The minimum absolute atomic E-state index is 0.229. The van der Waals surface area contributed by atoms with E-state index in [0.29, 0.717) is 28.7 Å². The number of rotatable bonds is 5. The van der Waals surface area contributed by atoms with Gasteiger partial charge in [-0.2, -0.15) is 0 Å². The summed E-state index contributed by atoms with van der Waals surface area (Å²) < 4.78 is 28.5. The fraction of sp³-hybridized carbons (Fsp3) is 0.222. The standard InChI is InChI=1S/C18H17N3O5/c1-22-16-6-11(7-17(23-2)18(16)24-3)13-9-21(20-19-13)12-4-5-14-15(8-12)26-10-25-14/h4-9H,10H2,1-3H3. The van der Waals surface area contributed by atoms with E-state index in [9.17, 15) is 0 Å². The van der Waals surface area contributed by atoms with E-state index in [1.54, 1.807) is 26.0 Å². The molecule has 0 atom stereocenters. The summed E-state index contributed by atoms with van der Waals surface area (Å²) in [5.41, 5.74) is 2.29. The summed E-state index contributed by atoms with van der Waals surface area (Å²) in [6.07, 6.45) is 1.82. The first-order valence-electron chi connectivity index (χ1n) is 7.86. The smallest absolute Gasteiger partial charge is 0.231 e. The summed E-state index contributed by atoms with van der Waals surface area (Å²) in [4.78, 5) is 0. The molecule has 0 bridgehead atoms. The molecule has 0 spiro atoms. The van der Waals surface area contributed by atoms with Gasteiger partial charge in [0.2, 0.25) is 12.5 Å². The fourth-order valence-corrected chi connectivity index (χ4v) is 2.78. The first-order chi connectivity index (χ1) is 12.7. The van der Waals surface area contributed by atoms with Crippen LogP contribution < -0.4 is 23.7 Å². The van der Waals surface area contributed by atoms with Gasteiger partial charge in [-0.05, 0) is 24.3 Å². The lowest BCUT2D eigenvalue weighted by atomic mass is 10.1. The third kappa shape index (κ3) is 2.65. The summed E-state index contributed by atoms with van der Waals surface area (Å²) >= 11 is 0. The molecule has 0 unspecified atom stereocenters. The molecule has 3 aromatic rings. The summed E-state index contributed by atoms with van der Waals surface area (Å²) in [5.74, 6) is 3.05. The van der Waals surface area contributed by atoms with Crippen LogP contribution in [0.15, 0.2) is 36.5 Å². The van der Waals surface area contributed by atoms with Crippen LogP contribution in [-0.4, -0.2) is 43.1 Å². The van der Waals surface area contributed by atoms with E-state index in [1.165, 1.54) is 0 Å². The van der Waals surface area contributed by atoms with E-state index >= 15 is 0 Å². The molecule has 8 nitrogen and oxygen atoms in total. The number of hydrogen-bond donors (Lipinski definition) is 0. The Morgan fingerprint density at radius 3 is 2.35 bits per heavy atom. The lowest BCUT2D eigenvalue weighted by Gasteiger charge is -2.13. The lowest BCUT2D eigenvalue weighted by Crippen LogP contribution is -1.95. The third-order valence-electron chi connectivity index (χ3n) is 4.07. The maximum Gasteiger partial charge on any atom is 0.231 e. The first-order valence-corrected chi connectivity index (χ1v) is 7.86. The molecule has 134 valence electrons. The Morgan fingerprint density at radius 1 is 0.923 bits per heavy atom. The van der Waals surface area contributed by atoms with E-state index < -0.39 is 0 Å². The van der Waals surface area contributed by atoms with Gasteiger partial charge in [0.15, 0.2) is 23.0 Å². The molecule has 2 aromatic carbocycles. The highest BCUT2D eigenvalue weighted by Crippen LogP contribution is 2.41. The Labute approximate surface area is 149 Å². The fourth-order valence-electron chi connectivity index (χ4n) is 2.78. The Morgan fingerprint density at radius 2 is 1.65 bits per heavy atom. The Kier molecular flexibility index (Phi) is 4.00. The minimum Gasteiger partial charge on any atom is -0.493 e. The van der Waals surface area contributed by atoms with Gasteiger partial charge < -0.3 is 23.7 Å². The maximum atomic E-state index is 5.41. The molecule has 0 saturated heterocycles. The molecular weight excluding hydrogens is 338 g/mol. The number of aromatic nitrogens is 3. The minimum atomic E-state index is 0.229. The lowest BCUT2D eigenvalue weighted by molar-refractivity contribution is 0.174. The third-order valence-corrected chi connectivity index (χ3v) is 4.07. The number of benzene rings is 2. The zero-order chi connectivity index (χ0) is 18.1. The van der Waals surface area contributed by atoms with Gasteiger partial charge in [0, 0.05) is 11.6 Å². The molecule has 0 fully saturated rings. The van der Waals surface area contributed by atoms with Gasteiger partial charge in [0.25, 0.3) is 0 Å². The highest BCUT2D eigenvalue weighted by Gasteiger charge is 2.17. The van der Waals surface area contributed by atoms with E-state index in [2.05, 4.69) is 10.3 Å². The van der Waals surface area contributed by atoms with Gasteiger partial charge in [0.1, 0.15) is 5.69 Å². The van der Waals surface area contributed by atoms with Crippen molar-refractivity contribution in [3.05, 3.63) is 36.5 Å². The van der Waals surface area contributed by atoms with Crippen LogP contribution in [0, 0.1) is 0 Å². The second-order valence-electron chi connectivity index (χ2n) is 5.50. The quantitative estimate of drug-likeness (QED) is 0.696. The van der Waals surface area contributed by atoms with E-state index in [0.717, 1.165) is 17.0 Å². The van der Waals surface area contributed by atoms with Crippen molar-refractivity contribution in [2.24, 2.45) is 0 Å². The van der Waals surface area contributed by atoms with E-state index in [-0.39, 0.29) is 6.79 Å². The summed E-state index contributed by atoms with van der Waals surface area (Å²) in [6.45, 7) is 0.229. The summed E-state index contributed by atoms with van der Waals surface area (Å²) in [6, 6.07) is 9.25. The molecule has 1 aliphatic rings. The zero-order valence-electron chi connectivity index (χ0n) is 14.6. The molecule has 0 radical (unpaired) electrons. The van der Waals surface area contributed by atoms with Crippen molar-refractivity contribution in [3.8, 4) is 45.7 Å². The highest BCUT2D eigenvalue weighted by atomic mass is 16.7. The monoisotopic (exact) mass is 355 g/mol. The molecule has 2 heterocycles. The van der Waals surface area contributed by atoms with Crippen LogP contribution in [0.5, 0.6) is 28.7 Å². The normalized spacial score (nSPS) is 12.1. The average Bonchev–Trinajstić information content (AvgIpc) is 3.35. The molecule has 0 amide bonds. The van der Waals surface area contributed by atoms with Crippen molar-refractivity contribution in [1.82, 2.24) is 15.0 Å². The summed E-state index contributed by atoms with van der Waals surface area (Å²) in [5, 5.41) is 8.45. The van der Waals surface area contributed by atoms with E-state index in [4.69, 9.17) is 23.7 Å². The Bertz CT molecular complexity index is 929. The van der Waals surface area contributed by atoms with Crippen molar-refractivity contribution in [1.29, 1.82) is 0 Å². The SMILES string of the molecule is COc1cc(-c2cn(-c3ccc4c(c3)OCO4)nn2)cc(OC)c1OC. The van der Waals surface area contributed by atoms with Crippen LogP contribution in [0.2, 0.25) is 0 Å². The molecule has 1 aromatic heterocycles. The van der Waals surface area contributed by atoms with Crippen molar-refractivity contribution in [2.75, 3.05) is 28.1 Å². The van der Waals surface area contributed by atoms with Crippen molar-refractivity contribution in [2.45, 2.75) is 0 Å². The number of ether oxygens (including phenoxy) is 5. The zero-order valence-corrected chi connectivity index (χ0v) is 14.6. The van der Waals surface area contributed by atoms with Gasteiger partial charge >= 0.3 is 0 Å². The van der Waals surface area contributed by atoms with Crippen LogP contribution in [0.4, 0.5) is 0 Å². The molecule has 4 rings (SSSR count). The number of hydrogen-bond acceptors (Lipinski definition) is 7. The molecule has 0 N–H and O–H groups in total. The van der Waals surface area contributed by atoms with Gasteiger partial charge in [-0.1, -0.05) is 5.21 Å². The molecule has 8 heteroatoms. The number of methoxy groups -OCH3 is 3. The number of fused-ring (bicyclic) bond motifs is 1. The van der Waals surface area contributed by atoms with Crippen molar-refractivity contribution >= 4 is 0 Å². The molecule has 0 aliphatic carbocycles. The largest absolute Gasteiger partial charge is 0.493 e. The van der Waals surface area contributed by atoms with E-state index in [1.807, 2.05) is 36.5 Å². The van der Waals surface area contributed by atoms with Crippen molar-refractivity contribution in [3.63, 3.8) is 0 Å². The molecule has 26 heavy (non-hydrogen) atoms. The predicted octanol–water partition coefficient (Wildman–Crippen LogP) is 2.69. The first kappa shape index (κ1) is 16.1. The van der Waals surface area contributed by atoms with Crippen LogP contribution in [-0.2, 0) is 0 Å². The maximum absolute atomic E-state index is 5.41. The van der Waals surface area contributed by atoms with Gasteiger partial charge in [-0.25, -0.2) is 4.68 Å². The van der Waals surface area contributed by atoms with Crippen LogP contribution in [0.3, 0.4) is 0 Å². The predicted molar refractivity (Wildman–Crippen MR) is 92.6 cm³/mol. The Hall–Kier alpha value is -3.42. The van der Waals surface area contributed by atoms with Crippen LogP contribution in [0.1, 0.15) is 0 Å². The van der Waals surface area contributed by atoms with Gasteiger partial charge in [0.05, 0.1) is 33.2 Å². The second-order valence-corrected chi connectivity index (χ2v) is 5.50. The van der Waals surface area contributed by atoms with Gasteiger partial charge in [-0.3, -0.25) is 0 Å². The Balaban J connectivity index is 1.72. The average molecular weight is 355 g/mol. The topological polar surface area (TPSA) is 76.9 Å². The second kappa shape index (κ2) is 6.47. The molecule has 0 saturated carbocycles. The summed E-state index contributed by atoms with van der Waals surface area (Å²) in [7, 11) is 4.71. The number of nitrogens with zero attached hydrogens (tertiary/aromatic N) is 3. The molecule has 1 aliphatic heterocycles. The van der Waals surface area contributed by atoms with Crippen molar-refractivity contribution < 1.29 is 23.7 Å². The highest BCUT2D eigenvalue weighted by molar-refractivity contribution is 5.68. The van der Waals surface area contributed by atoms with Crippen LogP contribution >= 0.6 is 0 Å². The molecular formula is C18H17N3O5.